The Balaban J connectivity index is 2.23. The lowest BCUT2D eigenvalue weighted by Crippen LogP contribution is -2.46. The van der Waals surface area contributed by atoms with Gasteiger partial charge < -0.3 is 10.2 Å². The Morgan fingerprint density at radius 1 is 1.35 bits per heavy atom. The Labute approximate surface area is 107 Å². The van der Waals surface area contributed by atoms with Crippen LogP contribution in [0.4, 0.5) is 4.79 Å². The van der Waals surface area contributed by atoms with Crippen LogP contribution in [0.1, 0.15) is 39.0 Å². The minimum atomic E-state index is -0.657. The van der Waals surface area contributed by atoms with Gasteiger partial charge in [-0.25, -0.2) is 4.79 Å². The van der Waals surface area contributed by atoms with Crippen molar-refractivity contribution in [3.05, 3.63) is 0 Å². The second kappa shape index (κ2) is 7.69. The van der Waals surface area contributed by atoms with Crippen LogP contribution in [-0.4, -0.2) is 46.3 Å². The summed E-state index contributed by atoms with van der Waals surface area (Å²) in [5, 5.41) is 2.94. The second-order valence-electron chi connectivity index (χ2n) is 4.63. The van der Waals surface area contributed by atoms with Crippen molar-refractivity contribution in [2.75, 3.05) is 25.1 Å². The highest BCUT2D eigenvalue weighted by Crippen LogP contribution is 2.14. The molecular weight excluding hydrogens is 236 g/mol. The number of rotatable bonds is 5. The molecule has 1 aliphatic rings. The van der Waals surface area contributed by atoms with Gasteiger partial charge >= 0.3 is 6.03 Å². The molecule has 5 heteroatoms. The molecule has 1 N–H and O–H groups in total. The van der Waals surface area contributed by atoms with E-state index >= 15 is 0 Å². The summed E-state index contributed by atoms with van der Waals surface area (Å²) in [6.45, 7) is 2.91. The van der Waals surface area contributed by atoms with Crippen molar-refractivity contribution in [1.29, 1.82) is 0 Å². The zero-order chi connectivity index (χ0) is 12.7. The first-order chi connectivity index (χ1) is 8.15. The number of urea groups is 1. The highest BCUT2D eigenvalue weighted by atomic mass is 32.2. The lowest BCUT2D eigenvalue weighted by atomic mass is 10.1. The third-order valence-electron chi connectivity index (χ3n) is 3.28. The number of carbonyl (C=O) groups excluding carboxylic acids is 1. The van der Waals surface area contributed by atoms with E-state index in [1.165, 1.54) is 6.42 Å². The van der Waals surface area contributed by atoms with Crippen LogP contribution in [0.15, 0.2) is 0 Å². The first-order valence-electron chi connectivity index (χ1n) is 6.50. The van der Waals surface area contributed by atoms with Crippen LogP contribution >= 0.6 is 0 Å². The predicted molar refractivity (Wildman–Crippen MR) is 71.6 cm³/mol. The lowest BCUT2D eigenvalue weighted by molar-refractivity contribution is 0.186. The van der Waals surface area contributed by atoms with E-state index in [0.717, 1.165) is 43.7 Å². The van der Waals surface area contributed by atoms with E-state index in [1.807, 2.05) is 7.05 Å². The molecule has 17 heavy (non-hydrogen) atoms. The molecule has 0 aromatic rings. The molecule has 0 saturated carbocycles. The summed E-state index contributed by atoms with van der Waals surface area (Å²) in [7, 11) is 1.18. The van der Waals surface area contributed by atoms with E-state index in [1.54, 1.807) is 4.90 Å². The fourth-order valence-electron chi connectivity index (χ4n) is 2.03. The highest BCUT2D eigenvalue weighted by Gasteiger charge is 2.24. The Morgan fingerprint density at radius 3 is 2.59 bits per heavy atom. The van der Waals surface area contributed by atoms with Crippen molar-refractivity contribution in [2.45, 2.75) is 45.1 Å². The highest BCUT2D eigenvalue weighted by molar-refractivity contribution is 7.85. The first-order valence-corrected chi connectivity index (χ1v) is 7.99. The molecule has 1 rings (SSSR count). The molecule has 0 aliphatic carbocycles. The van der Waals surface area contributed by atoms with Crippen LogP contribution < -0.4 is 5.32 Å². The monoisotopic (exact) mass is 260 g/mol. The molecule has 0 aromatic heterocycles. The van der Waals surface area contributed by atoms with Crippen molar-refractivity contribution in [1.82, 2.24) is 10.2 Å². The molecule has 0 unspecified atom stereocenters. The van der Waals surface area contributed by atoms with Gasteiger partial charge in [0, 0.05) is 41.9 Å². The number of nitrogens with one attached hydrogen (secondary N) is 1. The van der Waals surface area contributed by atoms with E-state index in [2.05, 4.69) is 12.2 Å². The summed E-state index contributed by atoms with van der Waals surface area (Å²) in [5.74, 6) is 1.47. The van der Waals surface area contributed by atoms with Crippen molar-refractivity contribution in [3.63, 3.8) is 0 Å². The molecule has 1 aliphatic heterocycles. The number of amides is 2. The molecule has 1 saturated heterocycles. The zero-order valence-corrected chi connectivity index (χ0v) is 11.7. The van der Waals surface area contributed by atoms with E-state index < -0.39 is 10.8 Å². The Morgan fingerprint density at radius 2 is 2.00 bits per heavy atom. The third kappa shape index (κ3) is 5.06. The Hall–Kier alpha value is -0.580. The number of carbonyl (C=O) groups is 1. The molecule has 0 aromatic carbocycles. The van der Waals surface area contributed by atoms with Crippen LogP contribution in [0, 0.1) is 0 Å². The lowest BCUT2D eigenvalue weighted by Gasteiger charge is -2.30. The van der Waals surface area contributed by atoms with Gasteiger partial charge in [-0.15, -0.1) is 0 Å². The van der Waals surface area contributed by atoms with Crippen molar-refractivity contribution >= 4 is 16.8 Å². The molecular formula is C12H24N2O2S. The average molecular weight is 260 g/mol. The van der Waals surface area contributed by atoms with Gasteiger partial charge in [-0.1, -0.05) is 19.8 Å². The summed E-state index contributed by atoms with van der Waals surface area (Å²) in [4.78, 5) is 13.6. The number of nitrogens with zero attached hydrogens (tertiary/aromatic N) is 1. The van der Waals surface area contributed by atoms with Crippen LogP contribution in [0.5, 0.6) is 0 Å². The number of hydrogen-bond acceptors (Lipinski definition) is 2. The Bertz CT molecular complexity index is 261. The number of unbranched alkanes of at least 4 members (excludes halogenated alkanes) is 2. The quantitative estimate of drug-likeness (QED) is 0.765. The normalized spacial score (nSPS) is 24.4. The van der Waals surface area contributed by atoms with Gasteiger partial charge in [-0.2, -0.15) is 0 Å². The van der Waals surface area contributed by atoms with Gasteiger partial charge in [0.25, 0.3) is 0 Å². The second-order valence-corrected chi connectivity index (χ2v) is 6.33. The smallest absolute Gasteiger partial charge is 0.317 e. The molecule has 100 valence electrons. The van der Waals surface area contributed by atoms with E-state index in [-0.39, 0.29) is 12.1 Å². The van der Waals surface area contributed by atoms with Gasteiger partial charge in [-0.05, 0) is 19.3 Å². The van der Waals surface area contributed by atoms with Gasteiger partial charge in [0.2, 0.25) is 0 Å². The fourth-order valence-corrected chi connectivity index (χ4v) is 3.30. The number of hydrogen-bond donors (Lipinski definition) is 1. The molecule has 0 bridgehead atoms. The summed E-state index contributed by atoms with van der Waals surface area (Å²) < 4.78 is 11.2. The largest absolute Gasteiger partial charge is 0.338 e. The maximum absolute atomic E-state index is 11.8. The van der Waals surface area contributed by atoms with Crippen LogP contribution in [0.3, 0.4) is 0 Å². The standard InChI is InChI=1S/C12H24N2O2S/c1-3-4-5-8-13-12(15)14(2)11-6-9-17(16)10-7-11/h11H,3-10H2,1-2H3,(H,13,15). The van der Waals surface area contributed by atoms with E-state index in [0.29, 0.717) is 0 Å². The summed E-state index contributed by atoms with van der Waals surface area (Å²) in [6.07, 6.45) is 5.11. The molecule has 1 fully saturated rings. The van der Waals surface area contributed by atoms with Crippen molar-refractivity contribution < 1.29 is 9.00 Å². The van der Waals surface area contributed by atoms with Gasteiger partial charge in [0.1, 0.15) is 0 Å². The summed E-state index contributed by atoms with van der Waals surface area (Å²) >= 11 is 0. The van der Waals surface area contributed by atoms with E-state index in [9.17, 15) is 9.00 Å². The molecule has 1 heterocycles. The topological polar surface area (TPSA) is 49.4 Å². The first kappa shape index (κ1) is 14.5. The van der Waals surface area contributed by atoms with Crippen molar-refractivity contribution in [2.24, 2.45) is 0 Å². The maximum atomic E-state index is 11.8. The van der Waals surface area contributed by atoms with Crippen LogP contribution in [-0.2, 0) is 10.8 Å². The maximum Gasteiger partial charge on any atom is 0.317 e. The molecule has 2 amide bonds. The molecule has 0 spiro atoms. The van der Waals surface area contributed by atoms with Gasteiger partial charge in [0.05, 0.1) is 0 Å². The minimum Gasteiger partial charge on any atom is -0.338 e. The zero-order valence-electron chi connectivity index (χ0n) is 10.9. The molecule has 0 radical (unpaired) electrons. The van der Waals surface area contributed by atoms with Crippen LogP contribution in [0.2, 0.25) is 0 Å². The average Bonchev–Trinajstić information content (AvgIpc) is 2.34. The fraction of sp³-hybridized carbons (Fsp3) is 0.917. The molecule has 0 atom stereocenters. The molecule has 4 nitrogen and oxygen atoms in total. The summed E-state index contributed by atoms with van der Waals surface area (Å²) in [6, 6.07) is 0.276. The van der Waals surface area contributed by atoms with Gasteiger partial charge in [-0.3, -0.25) is 4.21 Å². The van der Waals surface area contributed by atoms with E-state index in [4.69, 9.17) is 0 Å². The SMILES string of the molecule is CCCCCNC(=O)N(C)C1CCS(=O)CC1. The predicted octanol–water partition coefficient (Wildman–Crippen LogP) is 1.73. The minimum absolute atomic E-state index is 0.0128. The summed E-state index contributed by atoms with van der Waals surface area (Å²) in [5.41, 5.74) is 0. The Kier molecular flexibility index (Phi) is 6.55. The van der Waals surface area contributed by atoms with Crippen molar-refractivity contribution in [3.8, 4) is 0 Å². The van der Waals surface area contributed by atoms with Crippen LogP contribution in [0.25, 0.3) is 0 Å². The third-order valence-corrected chi connectivity index (χ3v) is 4.66. The van der Waals surface area contributed by atoms with Gasteiger partial charge in [0.15, 0.2) is 0 Å².